The molecule has 1 atom stereocenters. The molecule has 0 amide bonds. The number of hydrogen-bond donors (Lipinski definition) is 3. The molecule has 7 heteroatoms. The Morgan fingerprint density at radius 2 is 1.76 bits per heavy atom. The molecule has 3 fully saturated rings. The third kappa shape index (κ3) is 9.41. The summed E-state index contributed by atoms with van der Waals surface area (Å²) in [5.74, 6) is -2.40. The molecule has 1 unspecified atom stereocenters. The second-order valence-corrected chi connectivity index (χ2v) is 13.2. The summed E-state index contributed by atoms with van der Waals surface area (Å²) in [5, 5.41) is 17.9. The maximum Gasteiger partial charge on any atom is 0.270 e. The van der Waals surface area contributed by atoms with E-state index in [1.807, 2.05) is 27.7 Å². The van der Waals surface area contributed by atoms with Crippen molar-refractivity contribution in [3.8, 4) is 0 Å². The Balaban J connectivity index is 0.000000286. The van der Waals surface area contributed by atoms with E-state index in [0.29, 0.717) is 28.9 Å². The highest BCUT2D eigenvalue weighted by Gasteiger charge is 2.60. The van der Waals surface area contributed by atoms with E-state index in [0.717, 1.165) is 57.2 Å². The lowest BCUT2D eigenvalue weighted by Crippen LogP contribution is -2.62. The van der Waals surface area contributed by atoms with E-state index >= 15 is 0 Å². The van der Waals surface area contributed by atoms with Crippen LogP contribution in [0.15, 0.2) is 36.4 Å². The highest BCUT2D eigenvalue weighted by atomic mass is 19.3. The van der Waals surface area contributed by atoms with Crippen LogP contribution in [-0.4, -0.2) is 37.5 Å². The second-order valence-electron chi connectivity index (χ2n) is 13.2. The van der Waals surface area contributed by atoms with Crippen molar-refractivity contribution in [2.75, 3.05) is 19.8 Å². The van der Waals surface area contributed by atoms with Gasteiger partial charge in [-0.15, -0.1) is 0 Å². The number of halogens is 2. The van der Waals surface area contributed by atoms with Gasteiger partial charge in [0.1, 0.15) is 0 Å². The smallest absolute Gasteiger partial charge is 0.270 e. The first-order chi connectivity index (χ1) is 21.8. The van der Waals surface area contributed by atoms with E-state index < -0.39 is 5.92 Å². The number of carbonyl (C=O) groups is 1. The number of ether oxygens (including phenoxy) is 1. The fourth-order valence-electron chi connectivity index (χ4n) is 6.89. The summed E-state index contributed by atoms with van der Waals surface area (Å²) in [6, 6.07) is 12.0. The van der Waals surface area contributed by atoms with Crippen molar-refractivity contribution < 1.29 is 18.3 Å². The summed E-state index contributed by atoms with van der Waals surface area (Å²) >= 11 is 0. The van der Waals surface area contributed by atoms with Gasteiger partial charge in [0.25, 0.3) is 5.92 Å². The topological polar surface area (TPSA) is 86.0 Å². The molecule has 5 rings (SSSR count). The number of alkyl halides is 2. The minimum Gasteiger partial charge on any atom is -0.380 e. The number of hydrogen-bond acceptors (Lipinski definition) is 5. The van der Waals surface area contributed by atoms with Gasteiger partial charge < -0.3 is 20.9 Å². The van der Waals surface area contributed by atoms with Gasteiger partial charge in [-0.3, -0.25) is 4.79 Å². The first-order valence-corrected chi connectivity index (χ1v) is 17.2. The molecule has 0 radical (unpaired) electrons. The second kappa shape index (κ2) is 17.4. The SMILES string of the molecule is CC.CC=N.CCC(=N)C1(c2cccc(C)c2)CC2(COC2)C1.CCc1c(C(C)=O)cc(C(C)NCC2CCC2)cc1C(C)(F)F. The van der Waals surface area contributed by atoms with Crippen LogP contribution in [0.1, 0.15) is 138 Å². The molecule has 0 bridgehead atoms. The Kier molecular flexibility index (Phi) is 14.9. The maximum atomic E-state index is 14.0. The molecule has 3 aliphatic rings. The molecule has 1 heterocycles. The Morgan fingerprint density at radius 1 is 1.15 bits per heavy atom. The molecule has 256 valence electrons. The molecule has 2 aromatic carbocycles. The zero-order chi connectivity index (χ0) is 34.7. The third-order valence-corrected chi connectivity index (χ3v) is 9.59. The number of aryl methyl sites for hydroxylation is 1. The summed E-state index contributed by atoms with van der Waals surface area (Å²) < 4.78 is 33.4. The lowest BCUT2D eigenvalue weighted by molar-refractivity contribution is -0.176. The highest BCUT2D eigenvalue weighted by molar-refractivity contribution is 5.96. The Labute approximate surface area is 277 Å². The van der Waals surface area contributed by atoms with Gasteiger partial charge in [-0.25, -0.2) is 8.78 Å². The van der Waals surface area contributed by atoms with Crippen molar-refractivity contribution in [1.29, 1.82) is 10.8 Å². The van der Waals surface area contributed by atoms with Gasteiger partial charge in [-0.2, -0.15) is 0 Å². The molecule has 2 saturated carbocycles. The molecule has 46 heavy (non-hydrogen) atoms. The summed E-state index contributed by atoms with van der Waals surface area (Å²) in [4.78, 5) is 11.9. The van der Waals surface area contributed by atoms with Gasteiger partial charge in [0.2, 0.25) is 0 Å². The normalized spacial score (nSPS) is 18.0. The number of carbonyl (C=O) groups excluding carboxylic acids is 1. The summed E-state index contributed by atoms with van der Waals surface area (Å²) in [6.07, 6.45) is 8.51. The standard InChI is InChI=1S/C19H27F2NO.C16H21NO.C2H5N.C2H6/c1-5-16-17(13(3)23)9-15(10-18(16)19(4,20)21)12(2)22-11-14-7-6-8-14;1-3-14(17)16(8-15(9-16)10-18-11-15)13-6-4-5-12(2)7-13;1-2-3;1-2/h9-10,12,14,22H,5-8,11H2,1-4H3;4-7,17H,3,8-11H2,1-2H3;2-3H,1H3;1-2H3. The van der Waals surface area contributed by atoms with Crippen LogP contribution in [-0.2, 0) is 22.5 Å². The monoisotopic (exact) mass is 639 g/mol. The lowest BCUT2D eigenvalue weighted by Gasteiger charge is -2.60. The van der Waals surface area contributed by atoms with Crippen LogP contribution >= 0.6 is 0 Å². The predicted octanol–water partition coefficient (Wildman–Crippen LogP) is 10.2. The molecular formula is C39H59F2N3O2. The van der Waals surface area contributed by atoms with Gasteiger partial charge >= 0.3 is 0 Å². The van der Waals surface area contributed by atoms with E-state index in [1.165, 1.54) is 43.5 Å². The zero-order valence-electron chi connectivity index (χ0n) is 29.8. The van der Waals surface area contributed by atoms with Crippen molar-refractivity contribution in [1.82, 2.24) is 5.32 Å². The van der Waals surface area contributed by atoms with E-state index in [-0.39, 0.29) is 22.8 Å². The zero-order valence-corrected chi connectivity index (χ0v) is 29.8. The molecule has 0 aromatic heterocycles. The minimum atomic E-state index is -2.95. The Hall–Kier alpha value is -2.77. The number of Topliss-reactive ketones (excluding diaryl/α,β-unsaturated/α-hetero) is 1. The molecule has 2 aliphatic carbocycles. The highest BCUT2D eigenvalue weighted by Crippen LogP contribution is 2.60. The van der Waals surface area contributed by atoms with Crippen LogP contribution in [0.25, 0.3) is 0 Å². The largest absolute Gasteiger partial charge is 0.380 e. The van der Waals surface area contributed by atoms with Gasteiger partial charge in [-0.05, 0) is 114 Å². The molecule has 3 N–H and O–H groups in total. The molecule has 1 aliphatic heterocycles. The molecule has 1 saturated heterocycles. The number of nitrogens with one attached hydrogen (secondary N) is 3. The van der Waals surface area contributed by atoms with Gasteiger partial charge in [-0.1, -0.05) is 63.9 Å². The predicted molar refractivity (Wildman–Crippen MR) is 188 cm³/mol. The number of benzene rings is 2. The summed E-state index contributed by atoms with van der Waals surface area (Å²) in [7, 11) is 0. The van der Waals surface area contributed by atoms with Crippen molar-refractivity contribution in [3.05, 3.63) is 69.8 Å². The average Bonchev–Trinajstić information content (AvgIpc) is 2.95. The quantitative estimate of drug-likeness (QED) is 0.179. The number of rotatable bonds is 10. The molecular weight excluding hydrogens is 580 g/mol. The fourth-order valence-corrected chi connectivity index (χ4v) is 6.89. The van der Waals surface area contributed by atoms with Crippen molar-refractivity contribution >= 4 is 17.7 Å². The first-order valence-electron chi connectivity index (χ1n) is 17.2. The molecule has 2 aromatic rings. The first kappa shape index (κ1) is 39.4. The van der Waals surface area contributed by atoms with Crippen molar-refractivity contribution in [3.63, 3.8) is 0 Å². The van der Waals surface area contributed by atoms with E-state index in [9.17, 15) is 13.6 Å². The minimum absolute atomic E-state index is 0.00451. The molecule has 5 nitrogen and oxygen atoms in total. The van der Waals surface area contributed by atoms with Crippen molar-refractivity contribution in [2.45, 2.75) is 125 Å². The summed E-state index contributed by atoms with van der Waals surface area (Å²) in [6.45, 7) is 18.7. The fraction of sp³-hybridized carbons (Fsp3) is 0.615. The van der Waals surface area contributed by atoms with Gasteiger partial charge in [0, 0.05) is 40.6 Å². The Morgan fingerprint density at radius 3 is 2.17 bits per heavy atom. The van der Waals surface area contributed by atoms with Crippen molar-refractivity contribution in [2.24, 2.45) is 11.3 Å². The maximum absolute atomic E-state index is 14.0. The van der Waals surface area contributed by atoms with Gasteiger partial charge in [0.15, 0.2) is 5.78 Å². The van der Waals surface area contributed by atoms with E-state index in [2.05, 4.69) is 43.4 Å². The van der Waals surface area contributed by atoms with Crippen LogP contribution in [0.3, 0.4) is 0 Å². The van der Waals surface area contributed by atoms with Crippen LogP contribution in [0.4, 0.5) is 8.78 Å². The lowest BCUT2D eigenvalue weighted by atomic mass is 9.47. The van der Waals surface area contributed by atoms with Crippen LogP contribution in [0.2, 0.25) is 0 Å². The molecule has 1 spiro atoms. The van der Waals surface area contributed by atoms with E-state index in [4.69, 9.17) is 15.6 Å². The van der Waals surface area contributed by atoms with Crippen LogP contribution in [0, 0.1) is 29.1 Å². The summed E-state index contributed by atoms with van der Waals surface area (Å²) in [5.41, 5.74) is 5.58. The number of ketones is 1. The van der Waals surface area contributed by atoms with Gasteiger partial charge in [0.05, 0.1) is 13.2 Å². The van der Waals surface area contributed by atoms with Crippen LogP contribution in [0.5, 0.6) is 0 Å². The third-order valence-electron chi connectivity index (χ3n) is 9.59. The van der Waals surface area contributed by atoms with Crippen LogP contribution < -0.4 is 5.32 Å². The average molecular weight is 640 g/mol. The Bertz CT molecular complexity index is 1300. The van der Waals surface area contributed by atoms with E-state index in [1.54, 1.807) is 19.1 Å².